The van der Waals surface area contributed by atoms with Gasteiger partial charge in [-0.05, 0) is 42.4 Å². The van der Waals surface area contributed by atoms with Gasteiger partial charge in [-0.3, -0.25) is 9.59 Å². The van der Waals surface area contributed by atoms with Crippen molar-refractivity contribution < 1.29 is 19.4 Å². The summed E-state index contributed by atoms with van der Waals surface area (Å²) in [5.74, 6) is -1.28. The topological polar surface area (TPSA) is 63.6 Å². The van der Waals surface area contributed by atoms with E-state index < -0.39 is 11.4 Å². The minimum absolute atomic E-state index is 0.0156. The van der Waals surface area contributed by atoms with Crippen molar-refractivity contribution in [2.24, 2.45) is 5.41 Å². The summed E-state index contributed by atoms with van der Waals surface area (Å²) in [6, 6.07) is 6.09. The molecule has 3 rings (SSSR count). The summed E-state index contributed by atoms with van der Waals surface area (Å²) in [6.45, 7) is 0.316. The molecule has 1 aliphatic heterocycles. The first kappa shape index (κ1) is 13.3. The van der Waals surface area contributed by atoms with Gasteiger partial charge in [-0.25, -0.2) is 0 Å². The number of carbonyl (C=O) groups is 2. The maximum absolute atomic E-state index is 12.1. The number of Topliss-reactive ketones (excluding diaryl/α,β-unsaturated/α-hetero) is 1. The summed E-state index contributed by atoms with van der Waals surface area (Å²) < 4.78 is 5.28. The smallest absolute Gasteiger partial charge is 0.319 e. The fourth-order valence-corrected chi connectivity index (χ4v) is 3.22. The second-order valence-electron chi connectivity index (χ2n) is 5.75. The van der Waals surface area contributed by atoms with Crippen LogP contribution in [0.15, 0.2) is 18.2 Å². The number of aryl methyl sites for hydroxylation is 2. The SMILES string of the molecule is O=C(O)C1(Cc2ccc3c(c2)CCC3)COCCC1=O. The van der Waals surface area contributed by atoms with Gasteiger partial charge in [0.1, 0.15) is 0 Å². The Bertz CT molecular complexity index is 564. The van der Waals surface area contributed by atoms with E-state index in [1.165, 1.54) is 11.1 Å². The summed E-state index contributed by atoms with van der Waals surface area (Å²) in [5, 5.41) is 9.51. The van der Waals surface area contributed by atoms with Crippen molar-refractivity contribution in [1.82, 2.24) is 0 Å². The van der Waals surface area contributed by atoms with Crippen LogP contribution < -0.4 is 0 Å². The van der Waals surface area contributed by atoms with Crippen LogP contribution in [0.1, 0.15) is 29.5 Å². The van der Waals surface area contributed by atoms with E-state index in [1.54, 1.807) is 0 Å². The number of carbonyl (C=O) groups excluding carboxylic acids is 1. The first-order chi connectivity index (χ1) is 9.62. The van der Waals surface area contributed by atoms with E-state index in [9.17, 15) is 14.7 Å². The fourth-order valence-electron chi connectivity index (χ4n) is 3.22. The third-order valence-electron chi connectivity index (χ3n) is 4.43. The average Bonchev–Trinajstić information content (AvgIpc) is 2.88. The van der Waals surface area contributed by atoms with Crippen LogP contribution in [0.5, 0.6) is 0 Å². The number of hydrogen-bond donors (Lipinski definition) is 1. The van der Waals surface area contributed by atoms with Crippen molar-refractivity contribution in [2.75, 3.05) is 13.2 Å². The van der Waals surface area contributed by atoms with Crippen molar-refractivity contribution in [3.8, 4) is 0 Å². The molecule has 4 heteroatoms. The Morgan fingerprint density at radius 3 is 2.80 bits per heavy atom. The Morgan fingerprint density at radius 1 is 1.25 bits per heavy atom. The van der Waals surface area contributed by atoms with Gasteiger partial charge in [0.05, 0.1) is 13.2 Å². The molecule has 0 spiro atoms. The van der Waals surface area contributed by atoms with Crippen molar-refractivity contribution in [3.63, 3.8) is 0 Å². The minimum atomic E-state index is -1.40. The molecule has 1 atom stereocenters. The van der Waals surface area contributed by atoms with Crippen LogP contribution in [-0.2, 0) is 33.6 Å². The van der Waals surface area contributed by atoms with Crippen LogP contribution in [0.25, 0.3) is 0 Å². The van der Waals surface area contributed by atoms with Crippen LogP contribution in [0.3, 0.4) is 0 Å². The molecule has 1 aromatic carbocycles. The summed E-state index contributed by atoms with van der Waals surface area (Å²) in [5.41, 5.74) is 2.17. The highest BCUT2D eigenvalue weighted by Gasteiger charge is 2.47. The highest BCUT2D eigenvalue weighted by Crippen LogP contribution is 2.32. The number of fused-ring (bicyclic) bond motifs is 1. The summed E-state index contributed by atoms with van der Waals surface area (Å²) in [4.78, 5) is 23.8. The van der Waals surface area contributed by atoms with Crippen molar-refractivity contribution in [1.29, 1.82) is 0 Å². The zero-order valence-electron chi connectivity index (χ0n) is 11.4. The Balaban J connectivity index is 1.90. The van der Waals surface area contributed by atoms with E-state index in [2.05, 4.69) is 12.1 Å². The largest absolute Gasteiger partial charge is 0.480 e. The first-order valence-electron chi connectivity index (χ1n) is 7.07. The highest BCUT2D eigenvalue weighted by molar-refractivity contribution is 6.04. The van der Waals surface area contributed by atoms with E-state index in [-0.39, 0.29) is 25.2 Å². The molecular weight excluding hydrogens is 256 g/mol. The summed E-state index contributed by atoms with van der Waals surface area (Å²) >= 11 is 0. The fraction of sp³-hybridized carbons (Fsp3) is 0.500. The molecule has 1 aromatic rings. The number of carboxylic acid groups (broad SMARTS) is 1. The van der Waals surface area contributed by atoms with Gasteiger partial charge in [0.25, 0.3) is 0 Å². The number of aliphatic carboxylic acids is 1. The third-order valence-corrected chi connectivity index (χ3v) is 4.43. The quantitative estimate of drug-likeness (QED) is 0.853. The molecule has 1 fully saturated rings. The minimum Gasteiger partial charge on any atom is -0.480 e. The van der Waals surface area contributed by atoms with Crippen LogP contribution in [0.4, 0.5) is 0 Å². The Hall–Kier alpha value is -1.68. The van der Waals surface area contributed by atoms with E-state index in [1.807, 2.05) is 6.07 Å². The Kier molecular flexibility index (Phi) is 3.34. The Morgan fingerprint density at radius 2 is 2.05 bits per heavy atom. The van der Waals surface area contributed by atoms with Gasteiger partial charge >= 0.3 is 5.97 Å². The van der Waals surface area contributed by atoms with Crippen LogP contribution in [0, 0.1) is 5.41 Å². The lowest BCUT2D eigenvalue weighted by Crippen LogP contribution is -2.48. The number of hydrogen-bond acceptors (Lipinski definition) is 3. The van der Waals surface area contributed by atoms with Crippen molar-refractivity contribution in [3.05, 3.63) is 34.9 Å². The second-order valence-corrected chi connectivity index (χ2v) is 5.75. The predicted octanol–water partition coefficient (Wildman–Crippen LogP) is 1.78. The average molecular weight is 274 g/mol. The number of ether oxygens (including phenoxy) is 1. The third kappa shape index (κ3) is 2.14. The maximum atomic E-state index is 12.1. The molecule has 2 aliphatic rings. The van der Waals surface area contributed by atoms with Crippen molar-refractivity contribution in [2.45, 2.75) is 32.1 Å². The van der Waals surface area contributed by atoms with Gasteiger partial charge in [0.15, 0.2) is 11.2 Å². The lowest BCUT2D eigenvalue weighted by atomic mass is 9.76. The monoisotopic (exact) mass is 274 g/mol. The molecule has 20 heavy (non-hydrogen) atoms. The molecule has 1 heterocycles. The molecule has 106 valence electrons. The van der Waals surface area contributed by atoms with Gasteiger partial charge in [-0.15, -0.1) is 0 Å². The van der Waals surface area contributed by atoms with Gasteiger partial charge in [-0.1, -0.05) is 18.2 Å². The molecule has 0 bridgehead atoms. The molecule has 1 saturated heterocycles. The molecule has 0 radical (unpaired) electrons. The summed E-state index contributed by atoms with van der Waals surface area (Å²) in [7, 11) is 0. The zero-order chi connectivity index (χ0) is 14.2. The van der Waals surface area contributed by atoms with E-state index >= 15 is 0 Å². The van der Waals surface area contributed by atoms with Gasteiger partial charge in [-0.2, -0.15) is 0 Å². The van der Waals surface area contributed by atoms with Crippen LogP contribution in [0.2, 0.25) is 0 Å². The van der Waals surface area contributed by atoms with E-state index in [4.69, 9.17) is 4.74 Å². The first-order valence-corrected chi connectivity index (χ1v) is 7.07. The molecule has 4 nitrogen and oxygen atoms in total. The summed E-state index contributed by atoms with van der Waals surface area (Å²) in [6.07, 6.45) is 3.73. The number of ketones is 1. The van der Waals surface area contributed by atoms with Gasteiger partial charge < -0.3 is 9.84 Å². The lowest BCUT2D eigenvalue weighted by molar-refractivity contribution is -0.164. The molecule has 0 aromatic heterocycles. The van der Waals surface area contributed by atoms with Crippen LogP contribution in [-0.4, -0.2) is 30.1 Å². The highest BCUT2D eigenvalue weighted by atomic mass is 16.5. The molecule has 1 N–H and O–H groups in total. The maximum Gasteiger partial charge on any atom is 0.319 e. The lowest BCUT2D eigenvalue weighted by Gasteiger charge is -2.31. The molecule has 0 amide bonds. The van der Waals surface area contributed by atoms with E-state index in [0.717, 1.165) is 24.8 Å². The Labute approximate surface area is 117 Å². The standard InChI is InChI=1S/C16H18O4/c17-14-6-7-20-10-16(14,15(18)19)9-11-4-5-12-2-1-3-13(12)8-11/h4-5,8H,1-3,6-7,9-10H2,(H,18,19). The molecule has 1 aliphatic carbocycles. The predicted molar refractivity (Wildman–Crippen MR) is 72.7 cm³/mol. The van der Waals surface area contributed by atoms with Gasteiger partial charge in [0, 0.05) is 6.42 Å². The second kappa shape index (κ2) is 5.02. The molecular formula is C16H18O4. The van der Waals surface area contributed by atoms with E-state index in [0.29, 0.717) is 6.61 Å². The zero-order valence-corrected chi connectivity index (χ0v) is 11.4. The normalized spacial score (nSPS) is 25.5. The number of rotatable bonds is 3. The number of benzene rings is 1. The van der Waals surface area contributed by atoms with Crippen molar-refractivity contribution >= 4 is 11.8 Å². The molecule has 1 unspecified atom stereocenters. The van der Waals surface area contributed by atoms with Gasteiger partial charge in [0.2, 0.25) is 0 Å². The molecule has 0 saturated carbocycles. The van der Waals surface area contributed by atoms with Crippen LogP contribution >= 0.6 is 0 Å². The number of carboxylic acids is 1.